The highest BCUT2D eigenvalue weighted by molar-refractivity contribution is 7.91. The number of pyridine rings is 1. The fraction of sp³-hybridized carbons (Fsp3) is 0.333. The van der Waals surface area contributed by atoms with Gasteiger partial charge in [-0.05, 0) is 30.7 Å². The third kappa shape index (κ3) is 3.18. The van der Waals surface area contributed by atoms with Gasteiger partial charge in [-0.15, -0.1) is 0 Å². The Morgan fingerprint density at radius 1 is 1.12 bits per heavy atom. The number of carbonyl (C=O) groups excluding carboxylic acids is 1. The second kappa shape index (κ2) is 7.16. The first-order valence-electron chi connectivity index (χ1n) is 11.0. The second-order valence-electron chi connectivity index (χ2n) is 9.08. The summed E-state index contributed by atoms with van der Waals surface area (Å²) in [4.78, 5) is 22.0. The fourth-order valence-corrected chi connectivity index (χ4v) is 6.46. The molecular weight excluding hydrogens is 440 g/mol. The molecule has 2 amide bonds. The number of nitrogens with one attached hydrogen (secondary N) is 1. The van der Waals surface area contributed by atoms with Crippen molar-refractivity contribution < 1.29 is 17.9 Å². The Labute approximate surface area is 192 Å². The van der Waals surface area contributed by atoms with Crippen LogP contribution in [0.2, 0.25) is 0 Å². The summed E-state index contributed by atoms with van der Waals surface area (Å²) in [6, 6.07) is 14.9. The van der Waals surface area contributed by atoms with Gasteiger partial charge in [0, 0.05) is 31.1 Å². The van der Waals surface area contributed by atoms with E-state index in [4.69, 9.17) is 9.72 Å². The maximum absolute atomic E-state index is 12.9. The Morgan fingerprint density at radius 3 is 2.73 bits per heavy atom. The minimum Gasteiger partial charge on any atom is -0.376 e. The van der Waals surface area contributed by atoms with Crippen LogP contribution in [0.15, 0.2) is 53.4 Å². The van der Waals surface area contributed by atoms with Crippen LogP contribution in [-0.2, 0) is 21.1 Å². The Balaban J connectivity index is 1.51. The van der Waals surface area contributed by atoms with Crippen molar-refractivity contribution in [1.29, 1.82) is 0 Å². The summed E-state index contributed by atoms with van der Waals surface area (Å²) in [6.07, 6.45) is 0. The van der Waals surface area contributed by atoms with Crippen molar-refractivity contribution in [3.63, 3.8) is 0 Å². The van der Waals surface area contributed by atoms with Gasteiger partial charge in [0.25, 0.3) is 0 Å². The van der Waals surface area contributed by atoms with Crippen LogP contribution in [0, 0.1) is 6.92 Å². The molecule has 9 heteroatoms. The predicted molar refractivity (Wildman–Crippen MR) is 125 cm³/mol. The molecule has 0 radical (unpaired) electrons. The molecule has 2 aromatic carbocycles. The number of hydrogen-bond donors (Lipinski definition) is 1. The molecule has 3 aliphatic heterocycles. The average molecular weight is 465 g/mol. The van der Waals surface area contributed by atoms with Gasteiger partial charge in [-0.2, -0.15) is 0 Å². The summed E-state index contributed by atoms with van der Waals surface area (Å²) in [5.41, 5.74) is 2.97. The first-order valence-corrected chi connectivity index (χ1v) is 12.6. The van der Waals surface area contributed by atoms with Crippen molar-refractivity contribution in [1.82, 2.24) is 10.3 Å². The van der Waals surface area contributed by atoms with Gasteiger partial charge < -0.3 is 15.0 Å². The molecule has 170 valence electrons. The molecule has 8 nitrogen and oxygen atoms in total. The molecular formula is C24H24N4O4S. The number of aromatic nitrogens is 1. The van der Waals surface area contributed by atoms with Crippen LogP contribution in [0.25, 0.3) is 10.9 Å². The first kappa shape index (κ1) is 20.4. The molecule has 1 spiro atoms. The van der Waals surface area contributed by atoms with Crippen LogP contribution in [0.3, 0.4) is 0 Å². The van der Waals surface area contributed by atoms with Crippen LogP contribution < -0.4 is 15.1 Å². The standard InChI is InChI=1S/C24H24N4O4S/c1-16-6-7-19-18(10-16)20(28-23(29)25-13-24(28)14-32-15-24)11-22(26-19)27-8-9-33(30,31)21-5-3-2-4-17(21)12-27/h2-7,10-11H,8-9,12-15H2,1H3,(H,25,29). The van der Waals surface area contributed by atoms with Gasteiger partial charge in [0.2, 0.25) is 0 Å². The van der Waals surface area contributed by atoms with Crippen molar-refractivity contribution >= 4 is 38.3 Å². The quantitative estimate of drug-likeness (QED) is 0.627. The van der Waals surface area contributed by atoms with Crippen molar-refractivity contribution in [2.45, 2.75) is 23.9 Å². The minimum atomic E-state index is -3.38. The van der Waals surface area contributed by atoms with Gasteiger partial charge >= 0.3 is 6.03 Å². The molecule has 6 rings (SSSR count). The number of ether oxygens (including phenoxy) is 1. The molecule has 33 heavy (non-hydrogen) atoms. The number of sulfone groups is 1. The predicted octanol–water partition coefficient (Wildman–Crippen LogP) is 2.64. The lowest BCUT2D eigenvalue weighted by Crippen LogP contribution is -2.61. The Hall–Kier alpha value is -3.17. The molecule has 1 N–H and O–H groups in total. The van der Waals surface area contributed by atoms with E-state index < -0.39 is 15.4 Å². The lowest BCUT2D eigenvalue weighted by Gasteiger charge is -2.44. The maximum atomic E-state index is 12.9. The number of rotatable bonds is 2. The molecule has 3 aliphatic rings. The Morgan fingerprint density at radius 2 is 1.94 bits per heavy atom. The Bertz CT molecular complexity index is 1400. The zero-order valence-electron chi connectivity index (χ0n) is 18.2. The second-order valence-corrected chi connectivity index (χ2v) is 11.2. The van der Waals surface area contributed by atoms with Gasteiger partial charge in [-0.25, -0.2) is 18.2 Å². The minimum absolute atomic E-state index is 0.00887. The smallest absolute Gasteiger partial charge is 0.322 e. The van der Waals surface area contributed by atoms with Gasteiger partial charge in [0.15, 0.2) is 9.84 Å². The van der Waals surface area contributed by atoms with Crippen LogP contribution in [0.4, 0.5) is 16.3 Å². The summed E-state index contributed by atoms with van der Waals surface area (Å²) in [5, 5.41) is 3.86. The highest BCUT2D eigenvalue weighted by atomic mass is 32.2. The summed E-state index contributed by atoms with van der Waals surface area (Å²) < 4.78 is 31.2. The van der Waals surface area contributed by atoms with Crippen LogP contribution in [-0.4, -0.2) is 57.0 Å². The lowest BCUT2D eigenvalue weighted by atomic mass is 9.95. The van der Waals surface area contributed by atoms with Crippen molar-refractivity contribution in [2.24, 2.45) is 0 Å². The van der Waals surface area contributed by atoms with Crippen LogP contribution in [0.1, 0.15) is 11.1 Å². The van der Waals surface area contributed by atoms with Gasteiger partial charge in [-0.1, -0.05) is 29.8 Å². The number of fused-ring (bicyclic) bond motifs is 2. The van der Waals surface area contributed by atoms with E-state index in [1.807, 2.05) is 53.1 Å². The van der Waals surface area contributed by atoms with Crippen LogP contribution in [0.5, 0.6) is 0 Å². The van der Waals surface area contributed by atoms with Crippen LogP contribution >= 0.6 is 0 Å². The lowest BCUT2D eigenvalue weighted by molar-refractivity contribution is -0.0429. The van der Waals surface area contributed by atoms with Gasteiger partial charge in [-0.3, -0.25) is 4.90 Å². The fourth-order valence-electron chi connectivity index (χ4n) is 4.96. The number of aryl methyl sites for hydroxylation is 1. The number of urea groups is 1. The SMILES string of the molecule is Cc1ccc2nc(N3CCS(=O)(=O)c4ccccc4C3)cc(N3C(=O)NCC34COC4)c2c1. The highest BCUT2D eigenvalue weighted by Crippen LogP contribution is 2.40. The topological polar surface area (TPSA) is 91.8 Å². The highest BCUT2D eigenvalue weighted by Gasteiger charge is 2.52. The van der Waals surface area contributed by atoms with E-state index in [9.17, 15) is 13.2 Å². The monoisotopic (exact) mass is 464 g/mol. The molecule has 0 unspecified atom stereocenters. The van der Waals surface area contributed by atoms with Gasteiger partial charge in [0.1, 0.15) is 11.4 Å². The molecule has 0 bridgehead atoms. The third-order valence-corrected chi connectivity index (χ3v) is 8.57. The molecule has 0 aliphatic carbocycles. The molecule has 0 atom stereocenters. The van der Waals surface area contributed by atoms with Crippen molar-refractivity contribution in [3.05, 3.63) is 59.7 Å². The van der Waals surface area contributed by atoms with E-state index in [1.165, 1.54) is 0 Å². The number of benzene rings is 2. The van der Waals surface area contributed by atoms with E-state index in [0.717, 1.165) is 27.7 Å². The summed E-state index contributed by atoms with van der Waals surface area (Å²) in [6.45, 7) is 4.26. The summed E-state index contributed by atoms with van der Waals surface area (Å²) in [5.74, 6) is 0.665. The summed E-state index contributed by atoms with van der Waals surface area (Å²) in [7, 11) is -3.38. The average Bonchev–Trinajstić information content (AvgIpc) is 3.06. The number of carbonyl (C=O) groups is 1. The molecule has 1 aromatic heterocycles. The number of anilines is 2. The number of nitrogens with zero attached hydrogens (tertiary/aromatic N) is 3. The third-order valence-electron chi connectivity index (χ3n) is 6.78. The Kier molecular flexibility index (Phi) is 4.44. The van der Waals surface area contributed by atoms with E-state index in [1.54, 1.807) is 12.1 Å². The van der Waals surface area contributed by atoms with Crippen molar-refractivity contribution in [3.8, 4) is 0 Å². The zero-order chi connectivity index (χ0) is 22.8. The normalized spacial score (nSPS) is 20.9. The van der Waals surface area contributed by atoms with Crippen molar-refractivity contribution in [2.75, 3.05) is 41.9 Å². The maximum Gasteiger partial charge on any atom is 0.322 e. The number of amides is 2. The molecule has 4 heterocycles. The summed E-state index contributed by atoms with van der Waals surface area (Å²) >= 11 is 0. The molecule has 2 fully saturated rings. The van der Waals surface area contributed by atoms with E-state index in [-0.39, 0.29) is 11.8 Å². The number of hydrogen-bond acceptors (Lipinski definition) is 6. The first-order chi connectivity index (χ1) is 15.9. The molecule has 0 saturated carbocycles. The van der Waals surface area contributed by atoms with E-state index >= 15 is 0 Å². The largest absolute Gasteiger partial charge is 0.376 e. The zero-order valence-corrected chi connectivity index (χ0v) is 19.1. The van der Waals surface area contributed by atoms with E-state index in [2.05, 4.69) is 5.32 Å². The molecule has 3 aromatic rings. The molecule has 2 saturated heterocycles. The van der Waals surface area contributed by atoms with Gasteiger partial charge in [0.05, 0.1) is 35.1 Å². The van der Waals surface area contributed by atoms with E-state index in [0.29, 0.717) is 43.6 Å².